The van der Waals surface area contributed by atoms with Gasteiger partial charge >= 0.3 is 0 Å². The fraction of sp³-hybridized carbons (Fsp3) is 0.211. The zero-order valence-electron chi connectivity index (χ0n) is 13.3. The summed E-state index contributed by atoms with van der Waals surface area (Å²) in [5.41, 5.74) is 2.08. The van der Waals surface area contributed by atoms with E-state index in [1.165, 1.54) is 0 Å². The van der Waals surface area contributed by atoms with Gasteiger partial charge in [-0.15, -0.1) is 0 Å². The number of rotatable bonds is 5. The van der Waals surface area contributed by atoms with Crippen LogP contribution in [-0.4, -0.2) is 19.6 Å². The van der Waals surface area contributed by atoms with Crippen molar-refractivity contribution in [1.29, 1.82) is 0 Å². The molecule has 1 heterocycles. The number of amides is 1. The lowest BCUT2D eigenvalue weighted by Crippen LogP contribution is -2.18. The summed E-state index contributed by atoms with van der Waals surface area (Å²) in [5, 5.41) is 3.45. The summed E-state index contributed by atoms with van der Waals surface area (Å²) >= 11 is 0. The molecule has 0 fully saturated rings. The molecule has 0 saturated heterocycles. The molecule has 1 amide bonds. The maximum atomic E-state index is 12.4. The summed E-state index contributed by atoms with van der Waals surface area (Å²) < 4.78 is 11.6. The minimum atomic E-state index is -0.171. The fourth-order valence-corrected chi connectivity index (χ4v) is 2.53. The molecular formula is C19H19NO3. The van der Waals surface area contributed by atoms with E-state index in [1.807, 2.05) is 48.5 Å². The number of ether oxygens (including phenoxy) is 1. The van der Waals surface area contributed by atoms with Gasteiger partial charge in [-0.05, 0) is 24.6 Å². The van der Waals surface area contributed by atoms with Gasteiger partial charge in [0.2, 0.25) is 0 Å². The highest BCUT2D eigenvalue weighted by Crippen LogP contribution is 2.35. The van der Waals surface area contributed by atoms with Gasteiger partial charge in [-0.3, -0.25) is 4.79 Å². The maximum absolute atomic E-state index is 12.4. The minimum Gasteiger partial charge on any atom is -0.494 e. The number of nitrogens with one attached hydrogen (secondary N) is 1. The SMILES string of the molecule is CCCOc1ccc2oc(-c3ccccc3)c(C(=O)NC)c2c1. The molecule has 0 spiro atoms. The van der Waals surface area contributed by atoms with E-state index >= 15 is 0 Å². The van der Waals surface area contributed by atoms with E-state index in [9.17, 15) is 4.79 Å². The number of benzene rings is 2. The number of hydrogen-bond donors (Lipinski definition) is 1. The molecule has 0 radical (unpaired) electrons. The lowest BCUT2D eigenvalue weighted by atomic mass is 10.0. The molecule has 1 N–H and O–H groups in total. The third kappa shape index (κ3) is 2.93. The number of carbonyl (C=O) groups is 1. The minimum absolute atomic E-state index is 0.171. The first-order valence-corrected chi connectivity index (χ1v) is 7.71. The van der Waals surface area contributed by atoms with Crippen LogP contribution in [0.15, 0.2) is 52.9 Å². The molecule has 118 valence electrons. The van der Waals surface area contributed by atoms with E-state index in [0.717, 1.165) is 23.1 Å². The average Bonchev–Trinajstić information content (AvgIpc) is 2.98. The van der Waals surface area contributed by atoms with Crippen LogP contribution in [0.4, 0.5) is 0 Å². The van der Waals surface area contributed by atoms with Gasteiger partial charge in [0, 0.05) is 18.0 Å². The first-order chi connectivity index (χ1) is 11.2. The molecule has 1 aromatic heterocycles. The Balaban J connectivity index is 2.18. The second-order valence-electron chi connectivity index (χ2n) is 5.26. The largest absolute Gasteiger partial charge is 0.494 e. The van der Waals surface area contributed by atoms with Crippen LogP contribution in [0.25, 0.3) is 22.3 Å². The summed E-state index contributed by atoms with van der Waals surface area (Å²) in [6, 6.07) is 15.2. The number of furan rings is 1. The molecule has 4 nitrogen and oxygen atoms in total. The Morgan fingerprint density at radius 3 is 2.65 bits per heavy atom. The van der Waals surface area contributed by atoms with Crippen molar-refractivity contribution in [3.8, 4) is 17.1 Å². The summed E-state index contributed by atoms with van der Waals surface area (Å²) in [6.07, 6.45) is 0.932. The smallest absolute Gasteiger partial charge is 0.255 e. The van der Waals surface area contributed by atoms with E-state index < -0.39 is 0 Å². The van der Waals surface area contributed by atoms with Crippen LogP contribution < -0.4 is 10.1 Å². The topological polar surface area (TPSA) is 51.5 Å². The van der Waals surface area contributed by atoms with Crippen LogP contribution in [0, 0.1) is 0 Å². The van der Waals surface area contributed by atoms with Crippen LogP contribution >= 0.6 is 0 Å². The van der Waals surface area contributed by atoms with Gasteiger partial charge in [-0.25, -0.2) is 0 Å². The molecule has 3 rings (SSSR count). The molecule has 0 aliphatic rings. The first kappa shape index (κ1) is 15.2. The maximum Gasteiger partial charge on any atom is 0.255 e. The van der Waals surface area contributed by atoms with Crippen LogP contribution in [-0.2, 0) is 0 Å². The van der Waals surface area contributed by atoms with Crippen molar-refractivity contribution in [2.75, 3.05) is 13.7 Å². The monoisotopic (exact) mass is 309 g/mol. The van der Waals surface area contributed by atoms with E-state index in [1.54, 1.807) is 7.05 Å². The highest BCUT2D eigenvalue weighted by molar-refractivity contribution is 6.11. The van der Waals surface area contributed by atoms with Gasteiger partial charge in [0.25, 0.3) is 5.91 Å². The molecule has 23 heavy (non-hydrogen) atoms. The molecule has 2 aromatic carbocycles. The van der Waals surface area contributed by atoms with Crippen LogP contribution in [0.3, 0.4) is 0 Å². The molecule has 0 atom stereocenters. The lowest BCUT2D eigenvalue weighted by molar-refractivity contribution is 0.0964. The van der Waals surface area contributed by atoms with Crippen molar-refractivity contribution in [2.24, 2.45) is 0 Å². The zero-order valence-corrected chi connectivity index (χ0v) is 13.3. The van der Waals surface area contributed by atoms with Crippen LogP contribution in [0.5, 0.6) is 5.75 Å². The summed E-state index contributed by atoms with van der Waals surface area (Å²) in [4.78, 5) is 12.4. The highest BCUT2D eigenvalue weighted by atomic mass is 16.5. The first-order valence-electron chi connectivity index (χ1n) is 7.71. The van der Waals surface area contributed by atoms with Crippen LogP contribution in [0.1, 0.15) is 23.7 Å². The standard InChI is InChI=1S/C19H19NO3/c1-3-11-22-14-9-10-16-15(12-14)17(19(21)20-2)18(23-16)13-7-5-4-6-8-13/h4-10,12H,3,11H2,1-2H3,(H,20,21). The van der Waals surface area contributed by atoms with Crippen molar-refractivity contribution in [3.63, 3.8) is 0 Å². The normalized spacial score (nSPS) is 10.7. The summed E-state index contributed by atoms with van der Waals surface area (Å²) in [6.45, 7) is 2.70. The lowest BCUT2D eigenvalue weighted by Gasteiger charge is -2.04. The van der Waals surface area contributed by atoms with Gasteiger partial charge in [0.1, 0.15) is 17.1 Å². The van der Waals surface area contributed by atoms with Crippen molar-refractivity contribution < 1.29 is 13.9 Å². The summed E-state index contributed by atoms with van der Waals surface area (Å²) in [7, 11) is 1.62. The Hall–Kier alpha value is -2.75. The number of carbonyl (C=O) groups excluding carboxylic acids is 1. The van der Waals surface area contributed by atoms with Gasteiger partial charge in [0.15, 0.2) is 0 Å². The molecule has 0 unspecified atom stereocenters. The van der Waals surface area contributed by atoms with Gasteiger partial charge in [-0.1, -0.05) is 37.3 Å². The van der Waals surface area contributed by atoms with E-state index in [0.29, 0.717) is 23.5 Å². The molecule has 3 aromatic rings. The molecule has 0 aliphatic carbocycles. The van der Waals surface area contributed by atoms with Gasteiger partial charge in [0.05, 0.1) is 12.2 Å². The number of hydrogen-bond acceptors (Lipinski definition) is 3. The molecule has 0 aliphatic heterocycles. The second kappa shape index (κ2) is 6.57. The Labute approximate surface area is 135 Å². The fourth-order valence-electron chi connectivity index (χ4n) is 2.53. The Bertz CT molecular complexity index is 821. The van der Waals surface area contributed by atoms with Crippen molar-refractivity contribution >= 4 is 16.9 Å². The third-order valence-corrected chi connectivity index (χ3v) is 3.62. The Morgan fingerprint density at radius 2 is 1.96 bits per heavy atom. The van der Waals surface area contributed by atoms with E-state index in [2.05, 4.69) is 12.2 Å². The predicted molar refractivity (Wildman–Crippen MR) is 90.8 cm³/mol. The van der Waals surface area contributed by atoms with E-state index in [-0.39, 0.29) is 5.91 Å². The summed E-state index contributed by atoms with van der Waals surface area (Å²) in [5.74, 6) is 1.15. The predicted octanol–water partition coefficient (Wildman–Crippen LogP) is 4.25. The second-order valence-corrected chi connectivity index (χ2v) is 5.26. The third-order valence-electron chi connectivity index (χ3n) is 3.62. The van der Waals surface area contributed by atoms with Crippen molar-refractivity contribution in [3.05, 3.63) is 54.1 Å². The van der Waals surface area contributed by atoms with Crippen molar-refractivity contribution in [2.45, 2.75) is 13.3 Å². The van der Waals surface area contributed by atoms with Gasteiger partial charge in [-0.2, -0.15) is 0 Å². The average molecular weight is 309 g/mol. The molecule has 0 saturated carbocycles. The Morgan fingerprint density at radius 1 is 1.17 bits per heavy atom. The van der Waals surface area contributed by atoms with Gasteiger partial charge < -0.3 is 14.5 Å². The molecular weight excluding hydrogens is 290 g/mol. The zero-order chi connectivity index (χ0) is 16.2. The van der Waals surface area contributed by atoms with E-state index in [4.69, 9.17) is 9.15 Å². The Kier molecular flexibility index (Phi) is 4.33. The quantitative estimate of drug-likeness (QED) is 0.766. The highest BCUT2D eigenvalue weighted by Gasteiger charge is 2.21. The number of fused-ring (bicyclic) bond motifs is 1. The molecule has 0 bridgehead atoms. The van der Waals surface area contributed by atoms with Crippen LogP contribution in [0.2, 0.25) is 0 Å². The molecule has 4 heteroatoms. The van der Waals surface area contributed by atoms with Crippen molar-refractivity contribution in [1.82, 2.24) is 5.32 Å².